The van der Waals surface area contributed by atoms with Crippen molar-refractivity contribution in [1.29, 1.82) is 0 Å². The standard InChI is InChI=1S/C29H25F3N6O3/c1-39-22-13-19(14-23(40-2)26(22)41-3)35-28-25-20(24(37-38-25)16-8-5-4-6-9-16)15-21(36-28)27(33)34-18-11-7-10-17(12-18)29(30,31)32/h4-15H,1-3H3,(H2,33,34)(H,35,36)(H,37,38). The number of halogens is 3. The number of pyridine rings is 1. The third-order valence-corrected chi connectivity index (χ3v) is 6.21. The largest absolute Gasteiger partial charge is 0.493 e. The smallest absolute Gasteiger partial charge is 0.416 e. The Morgan fingerprint density at radius 2 is 1.61 bits per heavy atom. The molecule has 9 nitrogen and oxygen atoms in total. The van der Waals surface area contributed by atoms with E-state index in [1.807, 2.05) is 30.3 Å². The van der Waals surface area contributed by atoms with Crippen LogP contribution in [-0.2, 0) is 6.18 Å². The summed E-state index contributed by atoms with van der Waals surface area (Å²) in [7, 11) is 4.51. The van der Waals surface area contributed by atoms with E-state index in [1.165, 1.54) is 33.5 Å². The summed E-state index contributed by atoms with van der Waals surface area (Å²) in [5.74, 6) is 1.50. The molecule has 3 aromatic carbocycles. The molecule has 0 spiro atoms. The Balaban J connectivity index is 1.66. The van der Waals surface area contributed by atoms with Crippen LogP contribution in [0.2, 0.25) is 0 Å². The molecule has 0 aliphatic heterocycles. The molecular formula is C29H25F3N6O3. The van der Waals surface area contributed by atoms with Gasteiger partial charge in [-0.3, -0.25) is 5.10 Å². The van der Waals surface area contributed by atoms with Crippen LogP contribution in [0, 0.1) is 0 Å². The lowest BCUT2D eigenvalue weighted by Gasteiger charge is -2.15. The molecular weight excluding hydrogens is 537 g/mol. The average Bonchev–Trinajstić information content (AvgIpc) is 3.41. The molecule has 0 saturated carbocycles. The summed E-state index contributed by atoms with van der Waals surface area (Å²) in [4.78, 5) is 8.89. The first-order valence-electron chi connectivity index (χ1n) is 12.2. The number of methoxy groups -OCH3 is 3. The van der Waals surface area contributed by atoms with Gasteiger partial charge in [0, 0.05) is 28.8 Å². The zero-order chi connectivity index (χ0) is 29.1. The number of amidine groups is 1. The summed E-state index contributed by atoms with van der Waals surface area (Å²) < 4.78 is 56.1. The third-order valence-electron chi connectivity index (χ3n) is 6.21. The lowest BCUT2D eigenvalue weighted by atomic mass is 10.1. The van der Waals surface area contributed by atoms with E-state index in [0.717, 1.165) is 17.7 Å². The van der Waals surface area contributed by atoms with Crippen molar-refractivity contribution in [1.82, 2.24) is 15.2 Å². The molecule has 12 heteroatoms. The van der Waals surface area contributed by atoms with Gasteiger partial charge in [-0.25, -0.2) is 9.98 Å². The number of hydrogen-bond acceptors (Lipinski definition) is 7. The van der Waals surface area contributed by atoms with Gasteiger partial charge in [-0.15, -0.1) is 0 Å². The van der Waals surface area contributed by atoms with Gasteiger partial charge < -0.3 is 25.3 Å². The minimum atomic E-state index is -4.52. The maximum absolute atomic E-state index is 13.3. The van der Waals surface area contributed by atoms with Gasteiger partial charge in [0.25, 0.3) is 0 Å². The molecule has 0 aliphatic carbocycles. The number of H-pyrrole nitrogens is 1. The van der Waals surface area contributed by atoms with Gasteiger partial charge in [0.05, 0.1) is 32.6 Å². The van der Waals surface area contributed by atoms with Crippen LogP contribution >= 0.6 is 0 Å². The monoisotopic (exact) mass is 562 g/mol. The van der Waals surface area contributed by atoms with Crippen molar-refractivity contribution in [2.75, 3.05) is 26.6 Å². The van der Waals surface area contributed by atoms with Crippen LogP contribution < -0.4 is 25.3 Å². The lowest BCUT2D eigenvalue weighted by molar-refractivity contribution is -0.137. The van der Waals surface area contributed by atoms with Gasteiger partial charge in [-0.1, -0.05) is 36.4 Å². The molecule has 5 rings (SSSR count). The van der Waals surface area contributed by atoms with E-state index in [1.54, 1.807) is 18.2 Å². The number of nitrogens with two attached hydrogens (primary N) is 1. The molecule has 0 fully saturated rings. The van der Waals surface area contributed by atoms with E-state index in [-0.39, 0.29) is 17.2 Å². The summed E-state index contributed by atoms with van der Waals surface area (Å²) in [6.45, 7) is 0. The van der Waals surface area contributed by atoms with E-state index in [4.69, 9.17) is 19.9 Å². The molecule has 210 valence electrons. The molecule has 0 atom stereocenters. The molecule has 0 saturated heterocycles. The second kappa shape index (κ2) is 11.1. The Kier molecular flexibility index (Phi) is 7.38. The molecule has 4 N–H and O–H groups in total. The van der Waals surface area contributed by atoms with E-state index in [0.29, 0.717) is 45.4 Å². The van der Waals surface area contributed by atoms with Crippen molar-refractivity contribution in [2.45, 2.75) is 6.18 Å². The van der Waals surface area contributed by atoms with Crippen molar-refractivity contribution in [3.63, 3.8) is 0 Å². The molecule has 0 radical (unpaired) electrons. The van der Waals surface area contributed by atoms with Crippen LogP contribution in [0.15, 0.2) is 77.8 Å². The number of hydrogen-bond donors (Lipinski definition) is 3. The molecule has 41 heavy (non-hydrogen) atoms. The van der Waals surface area contributed by atoms with Crippen molar-refractivity contribution in [2.24, 2.45) is 10.7 Å². The Labute approximate surface area is 232 Å². The van der Waals surface area contributed by atoms with E-state index in [2.05, 4.69) is 25.5 Å². The van der Waals surface area contributed by atoms with Crippen molar-refractivity contribution < 1.29 is 27.4 Å². The van der Waals surface area contributed by atoms with Crippen LogP contribution in [0.3, 0.4) is 0 Å². The van der Waals surface area contributed by atoms with Crippen LogP contribution in [0.5, 0.6) is 17.2 Å². The number of aromatic nitrogens is 3. The van der Waals surface area contributed by atoms with Crippen LogP contribution in [0.25, 0.3) is 22.2 Å². The van der Waals surface area contributed by atoms with E-state index < -0.39 is 11.7 Å². The summed E-state index contributed by atoms with van der Waals surface area (Å²) in [6, 6.07) is 19.2. The van der Waals surface area contributed by atoms with Crippen molar-refractivity contribution in [3.8, 4) is 28.5 Å². The Morgan fingerprint density at radius 3 is 2.24 bits per heavy atom. The average molecular weight is 563 g/mol. The van der Waals surface area contributed by atoms with Gasteiger partial charge in [-0.2, -0.15) is 18.3 Å². The van der Waals surface area contributed by atoms with Gasteiger partial charge in [0.15, 0.2) is 17.3 Å². The van der Waals surface area contributed by atoms with Gasteiger partial charge >= 0.3 is 6.18 Å². The second-order valence-corrected chi connectivity index (χ2v) is 8.80. The number of nitrogens with one attached hydrogen (secondary N) is 2. The minimum Gasteiger partial charge on any atom is -0.493 e. The number of anilines is 2. The number of aliphatic imine (C=N–C) groups is 1. The Morgan fingerprint density at radius 1 is 0.902 bits per heavy atom. The minimum absolute atomic E-state index is 0.0360. The maximum atomic E-state index is 13.3. The highest BCUT2D eigenvalue weighted by Gasteiger charge is 2.30. The fraction of sp³-hybridized carbons (Fsp3) is 0.138. The molecule has 2 heterocycles. The fourth-order valence-electron chi connectivity index (χ4n) is 4.29. The SMILES string of the molecule is COc1cc(Nc2nc(C(N)=Nc3cccc(C(F)(F)F)c3)cc3c(-c4ccccc4)n[nH]c23)cc(OC)c1OC. The van der Waals surface area contributed by atoms with Gasteiger partial charge in [-0.05, 0) is 24.3 Å². The predicted octanol–water partition coefficient (Wildman–Crippen LogP) is 6.45. The predicted molar refractivity (Wildman–Crippen MR) is 151 cm³/mol. The quantitative estimate of drug-likeness (QED) is 0.147. The Bertz CT molecular complexity index is 1710. The number of alkyl halides is 3. The summed E-state index contributed by atoms with van der Waals surface area (Å²) in [6.07, 6.45) is -4.52. The molecule has 0 aliphatic rings. The molecule has 0 amide bonds. The molecule has 2 aromatic heterocycles. The first kappa shape index (κ1) is 27.3. The molecule has 0 unspecified atom stereocenters. The van der Waals surface area contributed by atoms with Crippen LogP contribution in [-0.4, -0.2) is 42.3 Å². The number of nitrogens with zero attached hydrogens (tertiary/aromatic N) is 3. The number of ether oxygens (including phenoxy) is 3. The maximum Gasteiger partial charge on any atom is 0.416 e. The highest BCUT2D eigenvalue weighted by Crippen LogP contribution is 2.41. The zero-order valence-electron chi connectivity index (χ0n) is 22.2. The van der Waals surface area contributed by atoms with Gasteiger partial charge in [0.2, 0.25) is 5.75 Å². The van der Waals surface area contributed by atoms with Crippen molar-refractivity contribution >= 4 is 33.9 Å². The first-order valence-corrected chi connectivity index (χ1v) is 12.2. The van der Waals surface area contributed by atoms with E-state index >= 15 is 0 Å². The lowest BCUT2D eigenvalue weighted by Crippen LogP contribution is -2.15. The fourth-order valence-corrected chi connectivity index (χ4v) is 4.29. The number of aromatic amines is 1. The number of benzene rings is 3. The summed E-state index contributed by atoms with van der Waals surface area (Å²) >= 11 is 0. The van der Waals surface area contributed by atoms with Crippen LogP contribution in [0.4, 0.5) is 30.4 Å². The number of rotatable bonds is 8. The Hall–Kier alpha value is -5.26. The highest BCUT2D eigenvalue weighted by atomic mass is 19.4. The third kappa shape index (κ3) is 5.57. The first-order chi connectivity index (χ1) is 19.7. The second-order valence-electron chi connectivity index (χ2n) is 8.80. The number of fused-ring (bicyclic) bond motifs is 1. The van der Waals surface area contributed by atoms with Crippen molar-refractivity contribution in [3.05, 3.63) is 84.1 Å². The topological polar surface area (TPSA) is 120 Å². The molecule has 0 bridgehead atoms. The van der Waals surface area contributed by atoms with E-state index in [9.17, 15) is 13.2 Å². The van der Waals surface area contributed by atoms with Crippen LogP contribution in [0.1, 0.15) is 11.3 Å². The summed E-state index contributed by atoms with van der Waals surface area (Å²) in [5, 5.41) is 11.4. The van der Waals surface area contributed by atoms with Gasteiger partial charge in [0.1, 0.15) is 22.7 Å². The highest BCUT2D eigenvalue weighted by molar-refractivity contribution is 6.06. The molecule has 5 aromatic rings. The normalized spacial score (nSPS) is 11.9. The zero-order valence-corrected chi connectivity index (χ0v) is 22.2. The summed E-state index contributed by atoms with van der Waals surface area (Å²) in [5.41, 5.74) is 8.33.